The molecule has 172 valence electrons. The van der Waals surface area contributed by atoms with Gasteiger partial charge in [-0.2, -0.15) is 0 Å². The molecular formula is C26H36N4O2. The van der Waals surface area contributed by atoms with E-state index in [1.807, 2.05) is 74.5 Å². The highest BCUT2D eigenvalue weighted by Gasteiger charge is 2.23. The van der Waals surface area contributed by atoms with Gasteiger partial charge in [0.25, 0.3) is 0 Å². The van der Waals surface area contributed by atoms with Gasteiger partial charge in [-0.15, -0.1) is 0 Å². The van der Waals surface area contributed by atoms with Crippen LogP contribution in [0.25, 0.3) is 0 Å². The van der Waals surface area contributed by atoms with Crippen molar-refractivity contribution in [3.8, 4) is 0 Å². The summed E-state index contributed by atoms with van der Waals surface area (Å²) >= 11 is 0. The third-order valence-electron chi connectivity index (χ3n) is 6.29. The van der Waals surface area contributed by atoms with Crippen LogP contribution in [0.3, 0.4) is 0 Å². The molecule has 0 aliphatic heterocycles. The van der Waals surface area contributed by atoms with Crippen molar-refractivity contribution in [3.05, 3.63) is 71.8 Å². The Morgan fingerprint density at radius 3 is 1.56 bits per heavy atom. The average Bonchev–Trinajstić information content (AvgIpc) is 2.83. The molecule has 0 saturated heterocycles. The molecule has 6 nitrogen and oxygen atoms in total. The number of urea groups is 2. The normalized spacial score (nSPS) is 19.9. The molecule has 4 N–H and O–H groups in total. The van der Waals surface area contributed by atoms with Crippen LogP contribution in [0.4, 0.5) is 9.59 Å². The molecule has 0 radical (unpaired) electrons. The third-order valence-corrected chi connectivity index (χ3v) is 6.29. The maximum atomic E-state index is 12.3. The van der Waals surface area contributed by atoms with E-state index in [9.17, 15) is 9.59 Å². The van der Waals surface area contributed by atoms with Crippen LogP contribution < -0.4 is 21.3 Å². The van der Waals surface area contributed by atoms with Crippen molar-refractivity contribution in [2.45, 2.75) is 51.6 Å². The Balaban J connectivity index is 1.35. The summed E-state index contributed by atoms with van der Waals surface area (Å²) in [6.07, 6.45) is 4.37. The summed E-state index contributed by atoms with van der Waals surface area (Å²) in [6, 6.07) is 19.6. The number of hydrogen-bond acceptors (Lipinski definition) is 2. The lowest BCUT2D eigenvalue weighted by Gasteiger charge is -2.29. The highest BCUT2D eigenvalue weighted by molar-refractivity contribution is 5.74. The first-order valence-electron chi connectivity index (χ1n) is 11.7. The molecule has 1 aliphatic carbocycles. The number of carbonyl (C=O) groups is 2. The van der Waals surface area contributed by atoms with Crippen LogP contribution in [-0.4, -0.2) is 25.2 Å². The molecule has 1 aliphatic rings. The second-order valence-corrected chi connectivity index (χ2v) is 8.87. The summed E-state index contributed by atoms with van der Waals surface area (Å²) in [4.78, 5) is 24.6. The lowest BCUT2D eigenvalue weighted by Crippen LogP contribution is -2.42. The zero-order valence-electron chi connectivity index (χ0n) is 19.1. The standard InChI is InChI=1S/C26H36N4O2/c1-19(23-12-5-3-6-13-23)29-25(31)27-17-21-10-9-11-22(16-21)18-28-26(32)30-20(2)24-14-7-4-8-15-24/h3-8,12-15,19-22H,9-11,16-18H2,1-2H3,(H2,27,29,31)(H2,28,30,32)/t19-,20-,21-,22+/m0/s1. The van der Waals surface area contributed by atoms with Crippen LogP contribution in [0.5, 0.6) is 0 Å². The van der Waals surface area contributed by atoms with Crippen LogP contribution >= 0.6 is 0 Å². The molecule has 0 heterocycles. The average molecular weight is 437 g/mol. The van der Waals surface area contributed by atoms with Gasteiger partial charge in [-0.1, -0.05) is 67.1 Å². The molecule has 0 bridgehead atoms. The number of benzene rings is 2. The quantitative estimate of drug-likeness (QED) is 0.474. The second-order valence-electron chi connectivity index (χ2n) is 8.87. The van der Waals surface area contributed by atoms with Crippen LogP contribution in [-0.2, 0) is 0 Å². The number of amides is 4. The summed E-state index contributed by atoms with van der Waals surface area (Å²) < 4.78 is 0. The van der Waals surface area contributed by atoms with E-state index >= 15 is 0 Å². The minimum absolute atomic E-state index is 0.0312. The molecule has 1 saturated carbocycles. The maximum Gasteiger partial charge on any atom is 0.315 e. The number of carbonyl (C=O) groups excluding carboxylic acids is 2. The lowest BCUT2D eigenvalue weighted by molar-refractivity contribution is 0.219. The predicted octanol–water partition coefficient (Wildman–Crippen LogP) is 4.91. The molecule has 0 unspecified atom stereocenters. The number of nitrogens with one attached hydrogen (secondary N) is 4. The van der Waals surface area contributed by atoms with E-state index in [-0.39, 0.29) is 24.1 Å². The van der Waals surface area contributed by atoms with Crippen molar-refractivity contribution in [2.24, 2.45) is 11.8 Å². The smallest absolute Gasteiger partial charge is 0.315 e. The Bertz CT molecular complexity index is 774. The van der Waals surface area contributed by atoms with E-state index in [0.717, 1.165) is 36.8 Å². The zero-order valence-corrected chi connectivity index (χ0v) is 19.1. The number of hydrogen-bond donors (Lipinski definition) is 4. The third kappa shape index (κ3) is 7.59. The molecular weight excluding hydrogens is 400 g/mol. The summed E-state index contributed by atoms with van der Waals surface area (Å²) in [7, 11) is 0. The Morgan fingerprint density at radius 2 is 1.16 bits per heavy atom. The van der Waals surface area contributed by atoms with E-state index in [4.69, 9.17) is 0 Å². The van der Waals surface area contributed by atoms with Gasteiger partial charge in [-0.05, 0) is 56.1 Å². The monoisotopic (exact) mass is 436 g/mol. The molecule has 6 heteroatoms. The van der Waals surface area contributed by atoms with Gasteiger partial charge in [0.2, 0.25) is 0 Å². The second kappa shape index (κ2) is 12.1. The highest BCUT2D eigenvalue weighted by Crippen LogP contribution is 2.28. The zero-order chi connectivity index (χ0) is 22.8. The van der Waals surface area contributed by atoms with Crippen LogP contribution in [0, 0.1) is 11.8 Å². The fourth-order valence-corrected chi connectivity index (χ4v) is 4.39. The Morgan fingerprint density at radius 1 is 0.750 bits per heavy atom. The fraction of sp³-hybridized carbons (Fsp3) is 0.462. The van der Waals surface area contributed by atoms with Gasteiger partial charge in [0.1, 0.15) is 0 Å². The Kier molecular flexibility index (Phi) is 8.96. The van der Waals surface area contributed by atoms with Crippen LogP contribution in [0.2, 0.25) is 0 Å². The van der Waals surface area contributed by atoms with Crippen molar-refractivity contribution in [1.82, 2.24) is 21.3 Å². The van der Waals surface area contributed by atoms with Gasteiger partial charge in [-0.3, -0.25) is 0 Å². The topological polar surface area (TPSA) is 82.3 Å². The van der Waals surface area contributed by atoms with E-state index in [0.29, 0.717) is 24.9 Å². The first-order valence-corrected chi connectivity index (χ1v) is 11.7. The van der Waals surface area contributed by atoms with Gasteiger partial charge in [0, 0.05) is 13.1 Å². The fourth-order valence-electron chi connectivity index (χ4n) is 4.39. The summed E-state index contributed by atoms with van der Waals surface area (Å²) in [5.41, 5.74) is 2.18. The van der Waals surface area contributed by atoms with Crippen molar-refractivity contribution in [2.75, 3.05) is 13.1 Å². The van der Waals surface area contributed by atoms with Gasteiger partial charge in [-0.25, -0.2) is 9.59 Å². The molecule has 2 aromatic carbocycles. The molecule has 1 fully saturated rings. The van der Waals surface area contributed by atoms with Gasteiger partial charge in [0.05, 0.1) is 12.1 Å². The minimum atomic E-state index is -0.129. The van der Waals surface area contributed by atoms with E-state index < -0.39 is 0 Å². The largest absolute Gasteiger partial charge is 0.338 e. The molecule has 4 amide bonds. The molecule has 3 rings (SSSR count). The first-order chi connectivity index (χ1) is 15.5. The van der Waals surface area contributed by atoms with Gasteiger partial charge >= 0.3 is 12.1 Å². The Hall–Kier alpha value is -3.02. The summed E-state index contributed by atoms with van der Waals surface area (Å²) in [5.74, 6) is 0.888. The van der Waals surface area contributed by atoms with E-state index in [2.05, 4.69) is 21.3 Å². The van der Waals surface area contributed by atoms with E-state index in [1.165, 1.54) is 0 Å². The molecule has 4 atom stereocenters. The van der Waals surface area contributed by atoms with Crippen molar-refractivity contribution >= 4 is 12.1 Å². The SMILES string of the molecule is C[C@H](NC(=O)NC[C@H]1CCC[C@@H](CNC(=O)N[C@@H](C)c2ccccc2)C1)c1ccccc1. The van der Waals surface area contributed by atoms with Crippen molar-refractivity contribution in [1.29, 1.82) is 0 Å². The van der Waals surface area contributed by atoms with Crippen LogP contribution in [0.1, 0.15) is 62.7 Å². The predicted molar refractivity (Wildman–Crippen MR) is 128 cm³/mol. The molecule has 32 heavy (non-hydrogen) atoms. The first kappa shape index (κ1) is 23.6. The van der Waals surface area contributed by atoms with Gasteiger partial charge in [0.15, 0.2) is 0 Å². The molecule has 0 aromatic heterocycles. The van der Waals surface area contributed by atoms with Gasteiger partial charge < -0.3 is 21.3 Å². The van der Waals surface area contributed by atoms with E-state index in [1.54, 1.807) is 0 Å². The lowest BCUT2D eigenvalue weighted by atomic mass is 9.81. The number of rotatable bonds is 8. The minimum Gasteiger partial charge on any atom is -0.338 e. The van der Waals surface area contributed by atoms with Crippen molar-refractivity contribution < 1.29 is 9.59 Å². The molecule has 2 aromatic rings. The molecule has 0 spiro atoms. The summed E-state index contributed by atoms with van der Waals surface area (Å²) in [6.45, 7) is 5.31. The van der Waals surface area contributed by atoms with Crippen molar-refractivity contribution in [3.63, 3.8) is 0 Å². The van der Waals surface area contributed by atoms with Crippen LogP contribution in [0.15, 0.2) is 60.7 Å². The Labute approximate surface area is 191 Å². The summed E-state index contributed by atoms with van der Waals surface area (Å²) in [5, 5.41) is 12.1. The maximum absolute atomic E-state index is 12.3. The highest BCUT2D eigenvalue weighted by atomic mass is 16.2.